The van der Waals surface area contributed by atoms with Gasteiger partial charge in [0.25, 0.3) is 5.91 Å². The third-order valence-corrected chi connectivity index (χ3v) is 4.87. The summed E-state index contributed by atoms with van der Waals surface area (Å²) in [7, 11) is 0. The molecule has 1 saturated carbocycles. The lowest BCUT2D eigenvalue weighted by molar-refractivity contribution is -0.116. The van der Waals surface area contributed by atoms with Crippen LogP contribution in [0.4, 0.5) is 11.4 Å². The summed E-state index contributed by atoms with van der Waals surface area (Å²) in [5.41, 5.74) is 8.94. The molecular weight excluding hydrogens is 352 g/mol. The van der Waals surface area contributed by atoms with Crippen LogP contribution < -0.4 is 16.4 Å². The molecule has 1 aliphatic rings. The van der Waals surface area contributed by atoms with Gasteiger partial charge in [0.15, 0.2) is 0 Å². The molecule has 1 fully saturated rings. The van der Waals surface area contributed by atoms with Gasteiger partial charge in [0.1, 0.15) is 12.2 Å². The molecule has 4 rings (SSSR count). The van der Waals surface area contributed by atoms with Crippen molar-refractivity contribution in [1.29, 1.82) is 0 Å². The molecule has 0 saturated heterocycles. The minimum absolute atomic E-state index is 0.0587. The summed E-state index contributed by atoms with van der Waals surface area (Å²) in [5.74, 6) is -0.0138. The quantitative estimate of drug-likeness (QED) is 0.619. The summed E-state index contributed by atoms with van der Waals surface area (Å²) in [5, 5.41) is 5.70. The third kappa shape index (κ3) is 4.13. The first-order chi connectivity index (χ1) is 13.6. The van der Waals surface area contributed by atoms with Crippen LogP contribution in [-0.2, 0) is 11.3 Å². The topological polar surface area (TPSA) is 89.2 Å². The van der Waals surface area contributed by atoms with Crippen molar-refractivity contribution in [3.63, 3.8) is 0 Å². The van der Waals surface area contributed by atoms with Crippen molar-refractivity contribution in [2.24, 2.45) is 5.73 Å². The van der Waals surface area contributed by atoms with Gasteiger partial charge in [-0.05, 0) is 48.4 Å². The Labute approximate surface area is 163 Å². The SMILES string of the molecule is N[C@@H]1C[C@H]1c1ccc(NC(=O)c2cccn2CC(=O)Nc2ccccc2)cc1. The molecule has 2 amide bonds. The second kappa shape index (κ2) is 7.70. The normalized spacial score (nSPS) is 17.8. The molecule has 3 aromatic rings. The molecule has 2 atom stereocenters. The zero-order chi connectivity index (χ0) is 19.5. The maximum absolute atomic E-state index is 12.6. The number of nitrogens with one attached hydrogen (secondary N) is 2. The first kappa shape index (κ1) is 18.0. The van der Waals surface area contributed by atoms with E-state index in [9.17, 15) is 9.59 Å². The monoisotopic (exact) mass is 374 g/mol. The summed E-state index contributed by atoms with van der Waals surface area (Å²) in [6, 6.07) is 20.7. The van der Waals surface area contributed by atoms with Gasteiger partial charge in [0.2, 0.25) is 5.91 Å². The van der Waals surface area contributed by atoms with Crippen molar-refractivity contribution < 1.29 is 9.59 Å². The Morgan fingerprint density at radius 3 is 2.29 bits per heavy atom. The van der Waals surface area contributed by atoms with Gasteiger partial charge in [-0.15, -0.1) is 0 Å². The van der Waals surface area contributed by atoms with Crippen molar-refractivity contribution in [2.75, 3.05) is 10.6 Å². The molecule has 0 unspecified atom stereocenters. The molecule has 28 heavy (non-hydrogen) atoms. The molecule has 0 aliphatic heterocycles. The van der Waals surface area contributed by atoms with E-state index in [-0.39, 0.29) is 24.4 Å². The average molecular weight is 374 g/mol. The van der Waals surface area contributed by atoms with Gasteiger partial charge >= 0.3 is 0 Å². The molecule has 1 aromatic heterocycles. The number of nitrogens with two attached hydrogens (primary N) is 1. The molecule has 1 heterocycles. The van der Waals surface area contributed by atoms with Gasteiger partial charge in [0.05, 0.1) is 0 Å². The number of aromatic nitrogens is 1. The van der Waals surface area contributed by atoms with E-state index in [2.05, 4.69) is 10.6 Å². The number of anilines is 2. The Bertz CT molecular complexity index is 979. The fourth-order valence-electron chi connectivity index (χ4n) is 3.24. The minimum atomic E-state index is -0.256. The maximum atomic E-state index is 12.6. The number of benzene rings is 2. The number of hydrogen-bond donors (Lipinski definition) is 3. The van der Waals surface area contributed by atoms with E-state index in [1.807, 2.05) is 54.6 Å². The number of nitrogens with zero attached hydrogens (tertiary/aromatic N) is 1. The molecule has 142 valence electrons. The zero-order valence-electron chi connectivity index (χ0n) is 15.3. The fourth-order valence-corrected chi connectivity index (χ4v) is 3.24. The minimum Gasteiger partial charge on any atom is -0.334 e. The van der Waals surface area contributed by atoms with Crippen molar-refractivity contribution in [1.82, 2.24) is 4.57 Å². The molecule has 2 aromatic carbocycles. The molecule has 0 bridgehead atoms. The van der Waals surface area contributed by atoms with Gasteiger partial charge in [0, 0.05) is 29.5 Å². The lowest BCUT2D eigenvalue weighted by Crippen LogP contribution is -2.23. The van der Waals surface area contributed by atoms with Crippen LogP contribution in [0.3, 0.4) is 0 Å². The fraction of sp³-hybridized carbons (Fsp3) is 0.182. The summed E-state index contributed by atoms with van der Waals surface area (Å²) < 4.78 is 1.63. The van der Waals surface area contributed by atoms with E-state index >= 15 is 0 Å². The van der Waals surface area contributed by atoms with Gasteiger partial charge in [-0.2, -0.15) is 0 Å². The summed E-state index contributed by atoms with van der Waals surface area (Å²) in [6.45, 7) is 0.0587. The molecule has 6 heteroatoms. The predicted molar refractivity (Wildman–Crippen MR) is 109 cm³/mol. The first-order valence-corrected chi connectivity index (χ1v) is 9.27. The average Bonchev–Trinajstić information content (AvgIpc) is 3.24. The zero-order valence-corrected chi connectivity index (χ0v) is 15.3. The number of para-hydroxylation sites is 1. The molecule has 0 radical (unpaired) electrons. The van der Waals surface area contributed by atoms with Crippen molar-refractivity contribution >= 4 is 23.2 Å². The predicted octanol–water partition coefficient (Wildman–Crippen LogP) is 3.19. The van der Waals surface area contributed by atoms with E-state index in [4.69, 9.17) is 5.73 Å². The highest BCUT2D eigenvalue weighted by atomic mass is 16.2. The van der Waals surface area contributed by atoms with Gasteiger partial charge in [-0.25, -0.2) is 0 Å². The largest absolute Gasteiger partial charge is 0.334 e. The van der Waals surface area contributed by atoms with Crippen LogP contribution >= 0.6 is 0 Å². The van der Waals surface area contributed by atoms with Crippen LogP contribution in [0.1, 0.15) is 28.4 Å². The van der Waals surface area contributed by atoms with Crippen LogP contribution in [0.2, 0.25) is 0 Å². The Kier molecular flexibility index (Phi) is 4.95. The van der Waals surface area contributed by atoms with E-state index in [1.165, 1.54) is 5.56 Å². The Hall–Kier alpha value is -3.38. The second-order valence-corrected chi connectivity index (χ2v) is 7.02. The van der Waals surface area contributed by atoms with Crippen molar-refractivity contribution in [3.8, 4) is 0 Å². The lowest BCUT2D eigenvalue weighted by atomic mass is 10.1. The molecule has 1 aliphatic carbocycles. The van der Waals surface area contributed by atoms with E-state index in [0.29, 0.717) is 17.3 Å². The number of rotatable bonds is 6. The van der Waals surface area contributed by atoms with Crippen molar-refractivity contribution in [2.45, 2.75) is 24.9 Å². The van der Waals surface area contributed by atoms with Gasteiger partial charge < -0.3 is 20.9 Å². The Morgan fingerprint density at radius 2 is 1.61 bits per heavy atom. The molecule has 6 nitrogen and oxygen atoms in total. The third-order valence-electron chi connectivity index (χ3n) is 4.87. The van der Waals surface area contributed by atoms with E-state index in [0.717, 1.165) is 12.1 Å². The number of carbonyl (C=O) groups excluding carboxylic acids is 2. The van der Waals surface area contributed by atoms with Crippen LogP contribution in [-0.4, -0.2) is 22.4 Å². The van der Waals surface area contributed by atoms with E-state index in [1.54, 1.807) is 22.9 Å². The van der Waals surface area contributed by atoms with Crippen LogP contribution in [0.5, 0.6) is 0 Å². The lowest BCUT2D eigenvalue weighted by Gasteiger charge is -2.11. The Morgan fingerprint density at radius 1 is 0.929 bits per heavy atom. The highest BCUT2D eigenvalue weighted by molar-refractivity contribution is 6.03. The van der Waals surface area contributed by atoms with Crippen LogP contribution in [0.15, 0.2) is 72.9 Å². The molecule has 4 N–H and O–H groups in total. The second-order valence-electron chi connectivity index (χ2n) is 7.02. The van der Waals surface area contributed by atoms with E-state index < -0.39 is 0 Å². The molecular formula is C22H22N4O2. The number of amides is 2. The van der Waals surface area contributed by atoms with Crippen LogP contribution in [0.25, 0.3) is 0 Å². The highest BCUT2D eigenvalue weighted by Gasteiger charge is 2.34. The van der Waals surface area contributed by atoms with Gasteiger partial charge in [-0.1, -0.05) is 30.3 Å². The summed E-state index contributed by atoms with van der Waals surface area (Å²) >= 11 is 0. The smallest absolute Gasteiger partial charge is 0.272 e. The maximum Gasteiger partial charge on any atom is 0.272 e. The standard InChI is InChI=1S/C22H22N4O2/c23-19-13-18(19)15-8-10-17(11-9-15)25-22(28)20-7-4-12-26(20)14-21(27)24-16-5-2-1-3-6-16/h1-12,18-19H,13-14,23H2,(H,24,27)(H,25,28)/t18-,19+/m0/s1. The first-order valence-electron chi connectivity index (χ1n) is 9.27. The summed E-state index contributed by atoms with van der Waals surface area (Å²) in [4.78, 5) is 24.9. The molecule has 0 spiro atoms. The number of carbonyl (C=O) groups is 2. The Balaban J connectivity index is 1.38. The summed E-state index contributed by atoms with van der Waals surface area (Å²) in [6.07, 6.45) is 2.74. The van der Waals surface area contributed by atoms with Crippen LogP contribution in [0, 0.1) is 0 Å². The van der Waals surface area contributed by atoms with Gasteiger partial charge in [-0.3, -0.25) is 9.59 Å². The van der Waals surface area contributed by atoms with Crippen molar-refractivity contribution in [3.05, 3.63) is 84.2 Å². The number of hydrogen-bond acceptors (Lipinski definition) is 3. The highest BCUT2D eigenvalue weighted by Crippen LogP contribution is 2.39.